The molecule has 0 saturated heterocycles. The van der Waals surface area contributed by atoms with E-state index < -0.39 is 11.6 Å². The highest BCUT2D eigenvalue weighted by Gasteiger charge is 2.14. The van der Waals surface area contributed by atoms with Crippen LogP contribution in [0.15, 0.2) is 30.3 Å². The van der Waals surface area contributed by atoms with Gasteiger partial charge in [0.15, 0.2) is 17.5 Å². The van der Waals surface area contributed by atoms with E-state index in [0.29, 0.717) is 16.4 Å². The fraction of sp³-hybridized carbons (Fsp3) is 0.0667. The molecule has 0 amide bonds. The van der Waals surface area contributed by atoms with Crippen molar-refractivity contribution in [2.45, 2.75) is 6.92 Å². The lowest BCUT2D eigenvalue weighted by molar-refractivity contribution is 0.510. The van der Waals surface area contributed by atoms with Crippen molar-refractivity contribution in [2.24, 2.45) is 0 Å². The Morgan fingerprint density at radius 1 is 1.00 bits per heavy atom. The van der Waals surface area contributed by atoms with Gasteiger partial charge in [0.1, 0.15) is 5.15 Å². The van der Waals surface area contributed by atoms with E-state index in [9.17, 15) is 8.78 Å². The van der Waals surface area contributed by atoms with Crippen molar-refractivity contribution in [3.05, 3.63) is 57.7 Å². The summed E-state index contributed by atoms with van der Waals surface area (Å²) >= 11 is 12.1. The molecule has 0 atom stereocenters. The molecule has 3 aromatic rings. The molecule has 0 saturated carbocycles. The molecule has 1 heterocycles. The highest BCUT2D eigenvalue weighted by atomic mass is 35.5. The molecule has 6 heteroatoms. The van der Waals surface area contributed by atoms with Gasteiger partial charge in [-0.15, -0.1) is 0 Å². The molecule has 0 fully saturated rings. The Labute approximate surface area is 129 Å². The fourth-order valence-corrected chi connectivity index (χ4v) is 2.46. The first-order valence-electron chi connectivity index (χ1n) is 6.05. The lowest BCUT2D eigenvalue weighted by atomic mass is 10.1. The van der Waals surface area contributed by atoms with Crippen LogP contribution >= 0.6 is 23.2 Å². The number of hydrogen-bond donors (Lipinski definition) is 0. The summed E-state index contributed by atoms with van der Waals surface area (Å²) < 4.78 is 26.6. The van der Waals surface area contributed by atoms with Crippen molar-refractivity contribution in [2.75, 3.05) is 0 Å². The third-order valence-electron chi connectivity index (χ3n) is 3.20. The minimum atomic E-state index is -0.986. The number of halogens is 4. The van der Waals surface area contributed by atoms with E-state index in [0.717, 1.165) is 17.7 Å². The summed E-state index contributed by atoms with van der Waals surface area (Å²) in [5, 5.41) is 0.893. The lowest BCUT2D eigenvalue weighted by Gasteiger charge is -2.08. The van der Waals surface area contributed by atoms with Crippen LogP contribution in [0.5, 0.6) is 0 Å². The van der Waals surface area contributed by atoms with Crippen molar-refractivity contribution in [3.63, 3.8) is 0 Å². The number of rotatable bonds is 1. The van der Waals surface area contributed by atoms with Crippen LogP contribution in [0.1, 0.15) is 5.56 Å². The largest absolute Gasteiger partial charge is 0.228 e. The summed E-state index contributed by atoms with van der Waals surface area (Å²) in [5.74, 6) is -1.65. The smallest absolute Gasteiger partial charge is 0.161 e. The van der Waals surface area contributed by atoms with Crippen LogP contribution in [0.25, 0.3) is 22.3 Å². The summed E-state index contributed by atoms with van der Waals surface area (Å²) in [6.45, 7) is 1.82. The van der Waals surface area contributed by atoms with E-state index >= 15 is 0 Å². The van der Waals surface area contributed by atoms with Gasteiger partial charge in [0.25, 0.3) is 0 Å². The number of nitrogens with zero attached hydrogens (tertiary/aromatic N) is 2. The molecule has 106 valence electrons. The van der Waals surface area contributed by atoms with E-state index in [1.165, 1.54) is 0 Å². The molecule has 1 aromatic heterocycles. The zero-order valence-corrected chi connectivity index (χ0v) is 12.3. The first-order valence-corrected chi connectivity index (χ1v) is 6.81. The predicted molar refractivity (Wildman–Crippen MR) is 79.6 cm³/mol. The number of fused-ring (bicyclic) bond motifs is 1. The Balaban J connectivity index is 2.30. The molecule has 0 unspecified atom stereocenters. The molecule has 0 aliphatic rings. The third-order valence-corrected chi connectivity index (χ3v) is 3.90. The molecular formula is C15H8Cl2F2N2. The van der Waals surface area contributed by atoms with Crippen LogP contribution < -0.4 is 0 Å². The van der Waals surface area contributed by atoms with Gasteiger partial charge in [-0.05, 0) is 24.6 Å². The fourth-order valence-electron chi connectivity index (χ4n) is 2.06. The minimum Gasteiger partial charge on any atom is -0.228 e. The summed E-state index contributed by atoms with van der Waals surface area (Å²) in [4.78, 5) is 8.40. The van der Waals surface area contributed by atoms with Gasteiger partial charge in [0.2, 0.25) is 0 Å². The van der Waals surface area contributed by atoms with Crippen LogP contribution in [0.2, 0.25) is 10.2 Å². The molecule has 0 N–H and O–H groups in total. The van der Waals surface area contributed by atoms with Crippen LogP contribution in [0.4, 0.5) is 8.78 Å². The van der Waals surface area contributed by atoms with Gasteiger partial charge in [-0.2, -0.15) is 0 Å². The first kappa shape index (κ1) is 14.2. The van der Waals surface area contributed by atoms with E-state index in [1.807, 2.05) is 6.92 Å². The van der Waals surface area contributed by atoms with E-state index in [-0.39, 0.29) is 16.1 Å². The molecular weight excluding hydrogens is 317 g/mol. The van der Waals surface area contributed by atoms with Crippen molar-refractivity contribution < 1.29 is 8.78 Å². The van der Waals surface area contributed by atoms with Crippen molar-refractivity contribution in [3.8, 4) is 11.4 Å². The molecule has 21 heavy (non-hydrogen) atoms. The zero-order chi connectivity index (χ0) is 15.1. The highest BCUT2D eigenvalue weighted by molar-refractivity contribution is 6.34. The molecule has 0 bridgehead atoms. The van der Waals surface area contributed by atoms with Crippen LogP contribution in [-0.4, -0.2) is 9.97 Å². The Morgan fingerprint density at radius 2 is 1.71 bits per heavy atom. The Morgan fingerprint density at radius 3 is 2.48 bits per heavy atom. The normalized spacial score (nSPS) is 11.1. The maximum Gasteiger partial charge on any atom is 0.161 e. The zero-order valence-electron chi connectivity index (χ0n) is 10.8. The first-order chi connectivity index (χ1) is 9.97. The molecule has 0 aliphatic carbocycles. The second-order valence-electron chi connectivity index (χ2n) is 4.53. The molecule has 2 nitrogen and oxygen atoms in total. The van der Waals surface area contributed by atoms with Gasteiger partial charge in [-0.1, -0.05) is 35.3 Å². The highest BCUT2D eigenvalue weighted by Crippen LogP contribution is 2.30. The average Bonchev–Trinajstić information content (AvgIpc) is 2.44. The number of aromatic nitrogens is 2. The SMILES string of the molecule is Cc1c(Cl)cccc1-c1nc(Cl)c2cc(F)c(F)cc2n1. The molecule has 0 radical (unpaired) electrons. The van der Waals surface area contributed by atoms with Gasteiger partial charge >= 0.3 is 0 Å². The Kier molecular flexibility index (Phi) is 3.51. The van der Waals surface area contributed by atoms with E-state index in [2.05, 4.69) is 9.97 Å². The second kappa shape index (κ2) is 5.20. The van der Waals surface area contributed by atoms with Gasteiger partial charge in [0.05, 0.1) is 5.52 Å². The summed E-state index contributed by atoms with van der Waals surface area (Å²) in [6.07, 6.45) is 0. The Hall–Kier alpha value is -1.78. The third kappa shape index (κ3) is 2.45. The van der Waals surface area contributed by atoms with Crippen LogP contribution in [0.3, 0.4) is 0 Å². The molecule has 0 aliphatic heterocycles. The summed E-state index contributed by atoms with van der Waals surface area (Å²) in [7, 11) is 0. The quantitative estimate of drug-likeness (QED) is 0.575. The minimum absolute atomic E-state index is 0.0632. The molecule has 2 aromatic carbocycles. The van der Waals surface area contributed by atoms with Gasteiger partial charge < -0.3 is 0 Å². The lowest BCUT2D eigenvalue weighted by Crippen LogP contribution is -1.96. The maximum atomic E-state index is 13.4. The van der Waals surface area contributed by atoms with Crippen LogP contribution in [-0.2, 0) is 0 Å². The standard InChI is InChI=1S/C15H8Cl2F2N2/c1-7-8(3-2-4-10(7)16)15-20-13-6-12(19)11(18)5-9(13)14(17)21-15/h2-6H,1H3. The number of hydrogen-bond acceptors (Lipinski definition) is 2. The van der Waals surface area contributed by atoms with E-state index in [4.69, 9.17) is 23.2 Å². The summed E-state index contributed by atoms with van der Waals surface area (Å²) in [6, 6.07) is 7.29. The Bertz CT molecular complexity index is 866. The van der Waals surface area contributed by atoms with E-state index in [1.54, 1.807) is 18.2 Å². The topological polar surface area (TPSA) is 25.8 Å². The summed E-state index contributed by atoms with van der Waals surface area (Å²) in [5.41, 5.74) is 1.72. The second-order valence-corrected chi connectivity index (χ2v) is 5.30. The van der Waals surface area contributed by atoms with Gasteiger partial charge in [0, 0.05) is 22.0 Å². The van der Waals surface area contributed by atoms with Gasteiger partial charge in [-0.3, -0.25) is 0 Å². The van der Waals surface area contributed by atoms with Crippen molar-refractivity contribution >= 4 is 34.1 Å². The van der Waals surface area contributed by atoms with Crippen molar-refractivity contribution in [1.29, 1.82) is 0 Å². The predicted octanol–water partition coefficient (Wildman–Crippen LogP) is 5.19. The molecule has 0 spiro atoms. The van der Waals surface area contributed by atoms with Gasteiger partial charge in [-0.25, -0.2) is 18.7 Å². The molecule has 3 rings (SSSR count). The van der Waals surface area contributed by atoms with Crippen molar-refractivity contribution in [1.82, 2.24) is 9.97 Å². The van der Waals surface area contributed by atoms with Crippen LogP contribution in [0, 0.1) is 18.6 Å². The number of benzene rings is 2. The maximum absolute atomic E-state index is 13.4. The average molecular weight is 325 g/mol. The monoisotopic (exact) mass is 324 g/mol.